The maximum atomic E-state index is 11.0. The zero-order chi connectivity index (χ0) is 12.0. The number of urea groups is 1. The Labute approximate surface area is 92.3 Å². The van der Waals surface area contributed by atoms with Gasteiger partial charge in [0.15, 0.2) is 0 Å². The van der Waals surface area contributed by atoms with Gasteiger partial charge in [-0.15, -0.1) is 0 Å². The van der Waals surface area contributed by atoms with E-state index < -0.39 is 6.03 Å². The van der Waals surface area contributed by atoms with Crippen LogP contribution in [0.4, 0.5) is 4.79 Å². The Bertz CT molecular complexity index is 294. The number of esters is 1. The zero-order valence-corrected chi connectivity index (χ0v) is 8.91. The lowest BCUT2D eigenvalue weighted by atomic mass is 10.5. The Kier molecular flexibility index (Phi) is 4.67. The van der Waals surface area contributed by atoms with Crippen molar-refractivity contribution in [3.63, 3.8) is 0 Å². The normalized spacial score (nSPS) is 15.2. The van der Waals surface area contributed by atoms with Crippen LogP contribution in [0.5, 0.6) is 0 Å². The van der Waals surface area contributed by atoms with Crippen LogP contribution in [0.2, 0.25) is 0 Å². The SMILES string of the molecule is COC(=O)CNCCNN1CC(=O)NC1=O. The van der Waals surface area contributed by atoms with Crippen LogP contribution in [0.25, 0.3) is 0 Å². The highest BCUT2D eigenvalue weighted by molar-refractivity contribution is 6.01. The van der Waals surface area contributed by atoms with Crippen molar-refractivity contribution in [3.05, 3.63) is 0 Å². The molecular formula is C8H14N4O4. The minimum Gasteiger partial charge on any atom is -0.468 e. The second-order valence-corrected chi connectivity index (χ2v) is 3.10. The van der Waals surface area contributed by atoms with Crippen molar-refractivity contribution >= 4 is 17.9 Å². The molecule has 0 bridgehead atoms. The molecule has 1 saturated heterocycles. The van der Waals surface area contributed by atoms with Gasteiger partial charge in [-0.2, -0.15) is 0 Å². The van der Waals surface area contributed by atoms with E-state index in [9.17, 15) is 14.4 Å². The first-order chi connectivity index (χ1) is 7.63. The van der Waals surface area contributed by atoms with Crippen LogP contribution >= 0.6 is 0 Å². The third-order valence-corrected chi connectivity index (χ3v) is 1.89. The van der Waals surface area contributed by atoms with Crippen molar-refractivity contribution in [3.8, 4) is 0 Å². The fourth-order valence-electron chi connectivity index (χ4n) is 1.11. The summed E-state index contributed by atoms with van der Waals surface area (Å²) in [6.07, 6.45) is 0. The zero-order valence-electron chi connectivity index (χ0n) is 8.91. The molecule has 0 aliphatic carbocycles. The number of hydrazine groups is 1. The van der Waals surface area contributed by atoms with Gasteiger partial charge in [0.1, 0.15) is 6.54 Å². The number of carbonyl (C=O) groups is 3. The fourth-order valence-corrected chi connectivity index (χ4v) is 1.11. The number of carbonyl (C=O) groups excluding carboxylic acids is 3. The molecule has 1 rings (SSSR count). The molecule has 90 valence electrons. The smallest absolute Gasteiger partial charge is 0.338 e. The molecule has 0 aromatic carbocycles. The van der Waals surface area contributed by atoms with E-state index >= 15 is 0 Å². The second kappa shape index (κ2) is 6.03. The molecule has 1 fully saturated rings. The van der Waals surface area contributed by atoms with Crippen LogP contribution in [0.1, 0.15) is 0 Å². The number of methoxy groups -OCH3 is 1. The van der Waals surface area contributed by atoms with E-state index in [1.165, 1.54) is 12.1 Å². The summed E-state index contributed by atoms with van der Waals surface area (Å²) in [5, 5.41) is 6.11. The minimum absolute atomic E-state index is 0.00976. The lowest BCUT2D eigenvalue weighted by Gasteiger charge is -2.14. The van der Waals surface area contributed by atoms with Crippen LogP contribution in [0.15, 0.2) is 0 Å². The number of imide groups is 1. The Morgan fingerprint density at radius 3 is 2.81 bits per heavy atom. The maximum absolute atomic E-state index is 11.0. The van der Waals surface area contributed by atoms with E-state index in [1.807, 2.05) is 0 Å². The molecule has 0 aromatic rings. The highest BCUT2D eigenvalue weighted by Gasteiger charge is 2.25. The summed E-state index contributed by atoms with van der Waals surface area (Å²) in [5.41, 5.74) is 2.74. The minimum atomic E-state index is -0.460. The van der Waals surface area contributed by atoms with Gasteiger partial charge in [-0.25, -0.2) is 15.2 Å². The van der Waals surface area contributed by atoms with E-state index in [0.717, 1.165) is 0 Å². The molecule has 3 amide bonds. The Morgan fingerprint density at radius 1 is 1.50 bits per heavy atom. The van der Waals surface area contributed by atoms with Crippen molar-refractivity contribution in [2.75, 3.05) is 33.3 Å². The van der Waals surface area contributed by atoms with E-state index in [4.69, 9.17) is 0 Å². The van der Waals surface area contributed by atoms with Crippen LogP contribution in [-0.2, 0) is 14.3 Å². The van der Waals surface area contributed by atoms with Gasteiger partial charge in [0.05, 0.1) is 13.7 Å². The van der Waals surface area contributed by atoms with Gasteiger partial charge < -0.3 is 10.1 Å². The van der Waals surface area contributed by atoms with E-state index in [0.29, 0.717) is 13.1 Å². The molecule has 8 nitrogen and oxygen atoms in total. The molecule has 8 heteroatoms. The quantitative estimate of drug-likeness (QED) is 0.272. The predicted octanol–water partition coefficient (Wildman–Crippen LogP) is -2.19. The first kappa shape index (κ1) is 12.4. The molecular weight excluding hydrogens is 216 g/mol. The molecule has 0 radical (unpaired) electrons. The third kappa shape index (κ3) is 3.83. The van der Waals surface area contributed by atoms with Crippen LogP contribution in [0.3, 0.4) is 0 Å². The largest absolute Gasteiger partial charge is 0.468 e. The number of ether oxygens (including phenoxy) is 1. The molecule has 1 aliphatic rings. The summed E-state index contributed by atoms with van der Waals surface area (Å²) in [4.78, 5) is 32.5. The summed E-state index contributed by atoms with van der Waals surface area (Å²) < 4.78 is 4.42. The van der Waals surface area contributed by atoms with Gasteiger partial charge in [-0.3, -0.25) is 14.9 Å². The van der Waals surface area contributed by atoms with Gasteiger partial charge in [0, 0.05) is 13.1 Å². The van der Waals surface area contributed by atoms with Gasteiger partial charge in [-0.1, -0.05) is 0 Å². The number of nitrogens with zero attached hydrogens (tertiary/aromatic N) is 1. The van der Waals surface area contributed by atoms with E-state index in [2.05, 4.69) is 20.8 Å². The molecule has 0 atom stereocenters. The Morgan fingerprint density at radius 2 is 2.25 bits per heavy atom. The standard InChI is InChI=1S/C8H14N4O4/c1-16-7(14)4-9-2-3-10-12-5-6(13)11-8(12)15/h9-10H,2-5H2,1H3,(H,11,13,15). The first-order valence-corrected chi connectivity index (χ1v) is 4.76. The van der Waals surface area contributed by atoms with Crippen LogP contribution in [0, 0.1) is 0 Å². The maximum Gasteiger partial charge on any atom is 0.338 e. The average molecular weight is 230 g/mol. The molecule has 3 N–H and O–H groups in total. The number of rotatable bonds is 6. The number of nitrogens with one attached hydrogen (secondary N) is 3. The summed E-state index contributed by atoms with van der Waals surface area (Å²) in [5.74, 6) is -0.686. The summed E-state index contributed by atoms with van der Waals surface area (Å²) in [6.45, 7) is 1.03. The summed E-state index contributed by atoms with van der Waals surface area (Å²) in [6, 6.07) is -0.460. The highest BCUT2D eigenvalue weighted by atomic mass is 16.5. The first-order valence-electron chi connectivity index (χ1n) is 4.76. The monoisotopic (exact) mass is 230 g/mol. The molecule has 0 saturated carbocycles. The van der Waals surface area contributed by atoms with Crippen LogP contribution < -0.4 is 16.1 Å². The molecule has 1 heterocycles. The van der Waals surface area contributed by atoms with Gasteiger partial charge in [0.25, 0.3) is 0 Å². The van der Waals surface area contributed by atoms with Gasteiger partial charge in [-0.05, 0) is 0 Å². The van der Waals surface area contributed by atoms with Gasteiger partial charge in [0.2, 0.25) is 5.91 Å². The number of hydrogen-bond acceptors (Lipinski definition) is 6. The topological polar surface area (TPSA) is 99.8 Å². The average Bonchev–Trinajstić information content (AvgIpc) is 2.56. The fraction of sp³-hybridized carbons (Fsp3) is 0.625. The number of hydrogen-bond donors (Lipinski definition) is 3. The van der Waals surface area contributed by atoms with Crippen molar-refractivity contribution < 1.29 is 19.1 Å². The second-order valence-electron chi connectivity index (χ2n) is 3.10. The van der Waals surface area contributed by atoms with Crippen LogP contribution in [-0.4, -0.2) is 56.2 Å². The summed E-state index contributed by atoms with van der Waals surface area (Å²) >= 11 is 0. The lowest BCUT2D eigenvalue weighted by Crippen LogP contribution is -2.44. The Balaban J connectivity index is 2.05. The van der Waals surface area contributed by atoms with E-state index in [-0.39, 0.29) is 25.0 Å². The Hall–Kier alpha value is -1.67. The van der Waals surface area contributed by atoms with Crippen molar-refractivity contribution in [1.29, 1.82) is 0 Å². The highest BCUT2D eigenvalue weighted by Crippen LogP contribution is 1.91. The van der Waals surface area contributed by atoms with Gasteiger partial charge >= 0.3 is 12.0 Å². The van der Waals surface area contributed by atoms with Crippen molar-refractivity contribution in [2.45, 2.75) is 0 Å². The molecule has 16 heavy (non-hydrogen) atoms. The molecule has 0 spiro atoms. The van der Waals surface area contributed by atoms with Crippen molar-refractivity contribution in [1.82, 2.24) is 21.1 Å². The third-order valence-electron chi connectivity index (χ3n) is 1.89. The molecule has 0 aromatic heterocycles. The molecule has 1 aliphatic heterocycles. The predicted molar refractivity (Wildman–Crippen MR) is 53.1 cm³/mol. The van der Waals surface area contributed by atoms with Crippen molar-refractivity contribution in [2.24, 2.45) is 0 Å². The number of amides is 3. The van der Waals surface area contributed by atoms with E-state index in [1.54, 1.807) is 0 Å². The summed E-state index contributed by atoms with van der Waals surface area (Å²) in [7, 11) is 1.31. The lowest BCUT2D eigenvalue weighted by molar-refractivity contribution is -0.139. The molecule has 0 unspecified atom stereocenters.